The summed E-state index contributed by atoms with van der Waals surface area (Å²) in [5, 5.41) is 2.96. The Labute approximate surface area is 177 Å². The van der Waals surface area contributed by atoms with E-state index in [0.29, 0.717) is 27.2 Å². The molecule has 0 spiro atoms. The molecule has 1 unspecified atom stereocenters. The van der Waals surface area contributed by atoms with Crippen molar-refractivity contribution in [3.8, 4) is 0 Å². The average molecular weight is 449 g/mol. The Balaban J connectivity index is 1.60. The van der Waals surface area contributed by atoms with E-state index < -0.39 is 34.4 Å². The highest BCUT2D eigenvalue weighted by Gasteiger charge is 2.42. The van der Waals surface area contributed by atoms with Gasteiger partial charge in [-0.2, -0.15) is 0 Å². The summed E-state index contributed by atoms with van der Waals surface area (Å²) in [4.78, 5) is 38.4. The van der Waals surface area contributed by atoms with E-state index in [-0.39, 0.29) is 10.5 Å². The van der Waals surface area contributed by atoms with Crippen LogP contribution in [0.25, 0.3) is 0 Å². The maximum atomic E-state index is 12.7. The van der Waals surface area contributed by atoms with Gasteiger partial charge in [0.05, 0.1) is 18.2 Å². The van der Waals surface area contributed by atoms with E-state index in [0.717, 1.165) is 23.3 Å². The van der Waals surface area contributed by atoms with E-state index in [2.05, 4.69) is 12.2 Å². The first kappa shape index (κ1) is 20.5. The van der Waals surface area contributed by atoms with Crippen molar-refractivity contribution in [2.45, 2.75) is 31.1 Å². The lowest BCUT2D eigenvalue weighted by atomic mass is 9.88. The minimum absolute atomic E-state index is 0.0427. The fraction of sp³-hybridized carbons (Fsp3) is 0.350. The first-order valence-electron chi connectivity index (χ1n) is 9.42. The van der Waals surface area contributed by atoms with Crippen LogP contribution in [0.3, 0.4) is 0 Å². The summed E-state index contributed by atoms with van der Waals surface area (Å²) < 4.78 is 30.8. The molecule has 1 aromatic heterocycles. The molecule has 8 nitrogen and oxygen atoms in total. The SMILES string of the molecule is COC(=O)c1c(NC(=O)CN2C(=O)c3ccccc3S2(=O)=O)sc2c1CCC(C)C2. The molecule has 1 aromatic carbocycles. The normalized spacial score (nSPS) is 19.2. The van der Waals surface area contributed by atoms with Crippen LogP contribution < -0.4 is 5.32 Å². The van der Waals surface area contributed by atoms with Crippen LogP contribution in [0.2, 0.25) is 0 Å². The summed E-state index contributed by atoms with van der Waals surface area (Å²) in [6.45, 7) is 1.45. The molecule has 0 saturated heterocycles. The van der Waals surface area contributed by atoms with E-state index in [1.165, 1.54) is 36.6 Å². The Morgan fingerprint density at radius 1 is 1.30 bits per heavy atom. The molecule has 1 aliphatic carbocycles. The molecule has 4 rings (SSSR count). The van der Waals surface area contributed by atoms with Gasteiger partial charge >= 0.3 is 5.97 Å². The van der Waals surface area contributed by atoms with Gasteiger partial charge in [-0.25, -0.2) is 17.5 Å². The molecular formula is C20H20N2O6S2. The number of benzene rings is 1. The van der Waals surface area contributed by atoms with Crippen molar-refractivity contribution in [2.75, 3.05) is 19.0 Å². The minimum Gasteiger partial charge on any atom is -0.465 e. The number of methoxy groups -OCH3 is 1. The number of carbonyl (C=O) groups is 3. The molecule has 10 heteroatoms. The molecule has 0 fully saturated rings. The highest BCUT2D eigenvalue weighted by atomic mass is 32.2. The highest BCUT2D eigenvalue weighted by Crippen LogP contribution is 2.40. The quantitative estimate of drug-likeness (QED) is 0.720. The first-order valence-corrected chi connectivity index (χ1v) is 11.7. The van der Waals surface area contributed by atoms with Crippen molar-refractivity contribution < 1.29 is 27.5 Å². The van der Waals surface area contributed by atoms with Crippen molar-refractivity contribution in [2.24, 2.45) is 5.92 Å². The van der Waals surface area contributed by atoms with Gasteiger partial charge in [0.15, 0.2) is 0 Å². The first-order chi connectivity index (χ1) is 14.2. The van der Waals surface area contributed by atoms with Gasteiger partial charge in [-0.05, 0) is 42.9 Å². The maximum absolute atomic E-state index is 12.7. The van der Waals surface area contributed by atoms with Crippen LogP contribution in [0.5, 0.6) is 0 Å². The largest absolute Gasteiger partial charge is 0.465 e. The van der Waals surface area contributed by atoms with Crippen LogP contribution in [0.1, 0.15) is 44.5 Å². The van der Waals surface area contributed by atoms with E-state index in [1.54, 1.807) is 6.07 Å². The zero-order valence-corrected chi connectivity index (χ0v) is 18.1. The number of carbonyl (C=O) groups excluding carboxylic acids is 3. The number of thiophene rings is 1. The van der Waals surface area contributed by atoms with Crippen LogP contribution in [-0.4, -0.2) is 44.2 Å². The second kappa shape index (κ2) is 7.51. The topological polar surface area (TPSA) is 110 Å². The van der Waals surface area contributed by atoms with Crippen LogP contribution in [0, 0.1) is 5.92 Å². The lowest BCUT2D eigenvalue weighted by molar-refractivity contribution is -0.116. The van der Waals surface area contributed by atoms with Crippen LogP contribution >= 0.6 is 11.3 Å². The number of nitrogens with one attached hydrogen (secondary N) is 1. The molecule has 30 heavy (non-hydrogen) atoms. The zero-order chi connectivity index (χ0) is 21.6. The number of nitrogens with zero attached hydrogens (tertiary/aromatic N) is 1. The van der Waals surface area contributed by atoms with Crippen LogP contribution in [0.15, 0.2) is 29.2 Å². The summed E-state index contributed by atoms with van der Waals surface area (Å²) >= 11 is 1.30. The standard InChI is InChI=1S/C20H20N2O6S2/c1-11-7-8-12-14(9-11)29-18(17(12)20(25)28-2)21-16(23)10-22-19(24)13-5-3-4-6-15(13)30(22,26)27/h3-6,11H,7-10H2,1-2H3,(H,21,23). The van der Waals surface area contributed by atoms with Gasteiger partial charge in [-0.15, -0.1) is 11.3 Å². The summed E-state index contributed by atoms with van der Waals surface area (Å²) in [7, 11) is -2.81. The monoisotopic (exact) mass is 448 g/mol. The van der Waals surface area contributed by atoms with Gasteiger partial charge in [-0.3, -0.25) is 9.59 Å². The number of anilines is 1. The number of ether oxygens (including phenoxy) is 1. The number of amides is 2. The summed E-state index contributed by atoms with van der Waals surface area (Å²) in [6.07, 6.45) is 2.44. The van der Waals surface area contributed by atoms with Crippen molar-refractivity contribution in [1.82, 2.24) is 4.31 Å². The number of sulfonamides is 1. The van der Waals surface area contributed by atoms with E-state index in [1.807, 2.05) is 0 Å². The van der Waals surface area contributed by atoms with Gasteiger partial charge in [0, 0.05) is 4.88 Å². The summed E-state index contributed by atoms with van der Waals surface area (Å²) in [6, 6.07) is 5.84. The Kier molecular flexibility index (Phi) is 5.15. The summed E-state index contributed by atoms with van der Waals surface area (Å²) in [5.74, 6) is -1.52. The average Bonchev–Trinajstić information content (AvgIpc) is 3.15. The Morgan fingerprint density at radius 3 is 2.73 bits per heavy atom. The van der Waals surface area contributed by atoms with E-state index in [4.69, 9.17) is 4.74 Å². The minimum atomic E-state index is -4.09. The predicted molar refractivity (Wildman–Crippen MR) is 110 cm³/mol. The van der Waals surface area contributed by atoms with Gasteiger partial charge in [0.1, 0.15) is 16.4 Å². The lowest BCUT2D eigenvalue weighted by Crippen LogP contribution is -2.37. The second-order valence-corrected chi connectivity index (χ2v) is 10.3. The molecule has 1 N–H and O–H groups in total. The number of fused-ring (bicyclic) bond motifs is 2. The van der Waals surface area contributed by atoms with Crippen LogP contribution in [0.4, 0.5) is 5.00 Å². The molecule has 1 atom stereocenters. The molecule has 0 radical (unpaired) electrons. The van der Waals surface area contributed by atoms with E-state index in [9.17, 15) is 22.8 Å². The van der Waals surface area contributed by atoms with Gasteiger partial charge in [-0.1, -0.05) is 19.1 Å². The number of esters is 1. The Hall–Kier alpha value is -2.72. The van der Waals surface area contributed by atoms with Gasteiger partial charge in [0.25, 0.3) is 15.9 Å². The third kappa shape index (κ3) is 3.29. The molecule has 0 saturated carbocycles. The molecular weight excluding hydrogens is 428 g/mol. The summed E-state index contributed by atoms with van der Waals surface area (Å²) in [5.41, 5.74) is 1.23. The fourth-order valence-corrected chi connectivity index (χ4v) is 6.78. The number of hydrogen-bond donors (Lipinski definition) is 1. The molecule has 2 amide bonds. The second-order valence-electron chi connectivity index (χ2n) is 7.41. The molecule has 0 bridgehead atoms. The van der Waals surface area contributed by atoms with Crippen molar-refractivity contribution in [3.05, 3.63) is 45.8 Å². The maximum Gasteiger partial charge on any atom is 0.341 e. The van der Waals surface area contributed by atoms with E-state index >= 15 is 0 Å². The molecule has 2 aliphatic rings. The van der Waals surface area contributed by atoms with Crippen molar-refractivity contribution in [3.63, 3.8) is 0 Å². The smallest absolute Gasteiger partial charge is 0.341 e. The fourth-order valence-electron chi connectivity index (χ4n) is 3.84. The predicted octanol–water partition coefficient (Wildman–Crippen LogP) is 2.44. The molecule has 1 aliphatic heterocycles. The highest BCUT2D eigenvalue weighted by molar-refractivity contribution is 7.90. The molecule has 158 valence electrons. The molecule has 2 aromatic rings. The van der Waals surface area contributed by atoms with Crippen molar-refractivity contribution >= 4 is 44.1 Å². The van der Waals surface area contributed by atoms with Gasteiger partial charge in [0.2, 0.25) is 5.91 Å². The Morgan fingerprint density at radius 2 is 2.03 bits per heavy atom. The van der Waals surface area contributed by atoms with Gasteiger partial charge < -0.3 is 10.1 Å². The lowest BCUT2D eigenvalue weighted by Gasteiger charge is -2.18. The number of hydrogen-bond acceptors (Lipinski definition) is 7. The Bertz CT molecular complexity index is 1170. The van der Waals surface area contributed by atoms with Crippen molar-refractivity contribution in [1.29, 1.82) is 0 Å². The number of rotatable bonds is 4. The van der Waals surface area contributed by atoms with Crippen LogP contribution in [-0.2, 0) is 32.4 Å². The third-order valence-corrected chi connectivity index (χ3v) is 8.31. The molecule has 2 heterocycles. The third-order valence-electron chi connectivity index (χ3n) is 5.35. The zero-order valence-electron chi connectivity index (χ0n) is 16.4.